The lowest BCUT2D eigenvalue weighted by molar-refractivity contribution is 0.625. The lowest BCUT2D eigenvalue weighted by atomic mass is 10.1. The molecule has 0 N–H and O–H groups in total. The van der Waals surface area contributed by atoms with E-state index in [0.717, 1.165) is 12.0 Å². The average Bonchev–Trinajstić information content (AvgIpc) is 2.28. The van der Waals surface area contributed by atoms with Crippen LogP contribution in [0, 0.1) is 11.9 Å². The van der Waals surface area contributed by atoms with Gasteiger partial charge >= 0.3 is 0 Å². The minimum Gasteiger partial charge on any atom is -0.206 e. The summed E-state index contributed by atoms with van der Waals surface area (Å²) in [5.74, 6) is -0.287. The molecule has 0 aromatic heterocycles. The SMILES string of the molecule is CCCCCCC/C=C/c1cc[c]c(F)c1. The predicted octanol–water partition coefficient (Wildman–Crippen LogP) is 5.00. The predicted molar refractivity (Wildman–Crippen MR) is 67.6 cm³/mol. The van der Waals surface area contributed by atoms with Crippen molar-refractivity contribution < 1.29 is 4.39 Å². The Labute approximate surface area is 98.2 Å². The second-order valence-corrected chi connectivity index (χ2v) is 4.08. The van der Waals surface area contributed by atoms with Crippen LogP contribution in [0.4, 0.5) is 4.39 Å². The van der Waals surface area contributed by atoms with Crippen LogP contribution in [-0.4, -0.2) is 0 Å². The molecule has 0 bridgehead atoms. The number of rotatable bonds is 7. The molecule has 1 radical (unpaired) electrons. The Bertz CT molecular complexity index is 315. The summed E-state index contributed by atoms with van der Waals surface area (Å²) in [7, 11) is 0. The molecule has 0 nitrogen and oxygen atoms in total. The van der Waals surface area contributed by atoms with E-state index < -0.39 is 0 Å². The number of unbranched alkanes of at least 4 members (excludes halogenated alkanes) is 5. The van der Waals surface area contributed by atoms with Gasteiger partial charge in [0.15, 0.2) is 0 Å². The molecular weight excluding hydrogens is 199 g/mol. The maximum absolute atomic E-state index is 12.8. The molecule has 1 aromatic carbocycles. The van der Waals surface area contributed by atoms with Gasteiger partial charge in [-0.25, -0.2) is 4.39 Å². The van der Waals surface area contributed by atoms with Gasteiger partial charge in [-0.15, -0.1) is 0 Å². The number of halogens is 1. The summed E-state index contributed by atoms with van der Waals surface area (Å²) in [4.78, 5) is 0. The summed E-state index contributed by atoms with van der Waals surface area (Å²) in [5.41, 5.74) is 0.921. The van der Waals surface area contributed by atoms with Gasteiger partial charge in [0, 0.05) is 6.07 Å². The lowest BCUT2D eigenvalue weighted by Crippen LogP contribution is -1.77. The van der Waals surface area contributed by atoms with E-state index in [1.807, 2.05) is 12.1 Å². The van der Waals surface area contributed by atoms with Crippen molar-refractivity contribution in [1.82, 2.24) is 0 Å². The van der Waals surface area contributed by atoms with E-state index in [0.29, 0.717) is 0 Å². The topological polar surface area (TPSA) is 0 Å². The summed E-state index contributed by atoms with van der Waals surface area (Å²) in [6.07, 6.45) is 11.7. The van der Waals surface area contributed by atoms with Crippen LogP contribution < -0.4 is 0 Å². The molecule has 0 fully saturated rings. The first-order chi connectivity index (χ1) is 7.83. The zero-order chi connectivity index (χ0) is 11.6. The van der Waals surface area contributed by atoms with Crippen molar-refractivity contribution in [2.75, 3.05) is 0 Å². The first-order valence-corrected chi connectivity index (χ1v) is 6.16. The summed E-state index contributed by atoms with van der Waals surface area (Å²) in [6.45, 7) is 2.22. The molecule has 1 rings (SSSR count). The summed E-state index contributed by atoms with van der Waals surface area (Å²) in [6, 6.07) is 7.50. The number of benzene rings is 1. The van der Waals surface area contributed by atoms with Crippen molar-refractivity contribution in [2.45, 2.75) is 45.4 Å². The van der Waals surface area contributed by atoms with Crippen molar-refractivity contribution in [3.8, 4) is 0 Å². The Hall–Kier alpha value is -1.11. The zero-order valence-corrected chi connectivity index (χ0v) is 10.0. The molecular formula is C15H20F. The minimum atomic E-state index is -0.287. The van der Waals surface area contributed by atoms with E-state index in [4.69, 9.17) is 0 Å². The molecule has 0 saturated carbocycles. The molecule has 0 heterocycles. The molecule has 0 aliphatic carbocycles. The van der Waals surface area contributed by atoms with Gasteiger partial charge in [0.25, 0.3) is 0 Å². The van der Waals surface area contributed by atoms with E-state index >= 15 is 0 Å². The van der Waals surface area contributed by atoms with E-state index in [1.54, 1.807) is 6.07 Å². The molecule has 1 aromatic rings. The van der Waals surface area contributed by atoms with Gasteiger partial charge in [0.1, 0.15) is 5.82 Å². The molecule has 0 saturated heterocycles. The molecule has 16 heavy (non-hydrogen) atoms. The lowest BCUT2D eigenvalue weighted by Gasteiger charge is -1.96. The third-order valence-corrected chi connectivity index (χ3v) is 2.58. The van der Waals surface area contributed by atoms with Crippen molar-refractivity contribution in [2.24, 2.45) is 0 Å². The highest BCUT2D eigenvalue weighted by Gasteiger charge is 1.90. The Morgan fingerprint density at radius 1 is 1.25 bits per heavy atom. The molecule has 0 aliphatic rings. The van der Waals surface area contributed by atoms with Gasteiger partial charge in [-0.1, -0.05) is 56.9 Å². The highest BCUT2D eigenvalue weighted by Crippen LogP contribution is 2.08. The third kappa shape index (κ3) is 5.69. The zero-order valence-electron chi connectivity index (χ0n) is 10.0. The van der Waals surface area contributed by atoms with Gasteiger partial charge in [-0.3, -0.25) is 0 Å². The van der Waals surface area contributed by atoms with Gasteiger partial charge in [0.2, 0.25) is 0 Å². The normalized spacial score (nSPS) is 11.1. The first kappa shape index (κ1) is 13.0. The maximum Gasteiger partial charge on any atom is 0.131 e. The van der Waals surface area contributed by atoms with Crippen LogP contribution in [0.2, 0.25) is 0 Å². The second-order valence-electron chi connectivity index (χ2n) is 4.08. The quantitative estimate of drug-likeness (QED) is 0.566. The van der Waals surface area contributed by atoms with Crippen LogP contribution in [0.1, 0.15) is 51.0 Å². The van der Waals surface area contributed by atoms with Crippen LogP contribution in [0.25, 0.3) is 6.08 Å². The smallest absolute Gasteiger partial charge is 0.131 e. The second kappa shape index (κ2) is 8.09. The molecule has 1 heteroatoms. The highest BCUT2D eigenvalue weighted by molar-refractivity contribution is 5.48. The van der Waals surface area contributed by atoms with Crippen molar-refractivity contribution in [3.05, 3.63) is 41.7 Å². The number of allylic oxidation sites excluding steroid dienone is 1. The van der Waals surface area contributed by atoms with Gasteiger partial charge < -0.3 is 0 Å². The Morgan fingerprint density at radius 3 is 2.81 bits per heavy atom. The highest BCUT2D eigenvalue weighted by atomic mass is 19.1. The summed E-state index contributed by atoms with van der Waals surface area (Å²) < 4.78 is 12.8. The van der Waals surface area contributed by atoms with E-state index in [9.17, 15) is 4.39 Å². The van der Waals surface area contributed by atoms with Gasteiger partial charge in [-0.2, -0.15) is 0 Å². The van der Waals surface area contributed by atoms with E-state index in [2.05, 4.69) is 19.1 Å². The summed E-state index contributed by atoms with van der Waals surface area (Å²) >= 11 is 0. The first-order valence-electron chi connectivity index (χ1n) is 6.16. The molecule has 0 unspecified atom stereocenters. The molecule has 0 amide bonds. The fraction of sp³-hybridized carbons (Fsp3) is 0.467. The molecule has 0 aliphatic heterocycles. The van der Waals surface area contributed by atoms with Gasteiger partial charge in [-0.05, 0) is 24.5 Å². The van der Waals surface area contributed by atoms with Crippen LogP contribution in [0.3, 0.4) is 0 Å². The molecule has 0 spiro atoms. The fourth-order valence-corrected chi connectivity index (χ4v) is 1.64. The Kier molecular flexibility index (Phi) is 6.55. The Balaban J connectivity index is 2.17. The molecule has 87 valence electrons. The Morgan fingerprint density at radius 2 is 2.06 bits per heavy atom. The molecule has 0 atom stereocenters. The van der Waals surface area contributed by atoms with E-state index in [-0.39, 0.29) is 5.82 Å². The van der Waals surface area contributed by atoms with Crippen LogP contribution in [-0.2, 0) is 0 Å². The number of hydrogen-bond donors (Lipinski definition) is 0. The largest absolute Gasteiger partial charge is 0.206 e. The van der Waals surface area contributed by atoms with Crippen LogP contribution >= 0.6 is 0 Å². The minimum absolute atomic E-state index is 0.287. The van der Waals surface area contributed by atoms with Crippen molar-refractivity contribution >= 4 is 6.08 Å². The fourth-order valence-electron chi connectivity index (χ4n) is 1.64. The van der Waals surface area contributed by atoms with Gasteiger partial charge in [0.05, 0.1) is 0 Å². The monoisotopic (exact) mass is 219 g/mol. The van der Waals surface area contributed by atoms with Crippen molar-refractivity contribution in [3.63, 3.8) is 0 Å². The number of hydrogen-bond acceptors (Lipinski definition) is 0. The van der Waals surface area contributed by atoms with E-state index in [1.165, 1.54) is 38.2 Å². The standard InChI is InChI=1S/C15H20F/c1-2-3-4-5-6-7-8-10-14-11-9-12-15(16)13-14/h8-11,13H,2-7H2,1H3/b10-8+. The van der Waals surface area contributed by atoms with Crippen LogP contribution in [0.5, 0.6) is 0 Å². The maximum atomic E-state index is 12.8. The summed E-state index contributed by atoms with van der Waals surface area (Å²) in [5, 5.41) is 0. The van der Waals surface area contributed by atoms with Crippen LogP contribution in [0.15, 0.2) is 24.3 Å². The third-order valence-electron chi connectivity index (χ3n) is 2.58. The van der Waals surface area contributed by atoms with Crippen molar-refractivity contribution in [1.29, 1.82) is 0 Å². The average molecular weight is 219 g/mol.